The SMILES string of the molecule is CCC(N)c1cccc(S(=O)(=O)N(CC)CC(C)(C)O)c1. The molecule has 1 unspecified atom stereocenters. The first-order valence-corrected chi connectivity index (χ1v) is 8.64. The van der Waals surface area contributed by atoms with E-state index in [9.17, 15) is 13.5 Å². The van der Waals surface area contributed by atoms with Gasteiger partial charge in [0.25, 0.3) is 0 Å². The van der Waals surface area contributed by atoms with Crippen LogP contribution in [0.25, 0.3) is 0 Å². The number of aliphatic hydroxyl groups is 1. The fourth-order valence-corrected chi connectivity index (χ4v) is 3.75. The Bertz CT molecular complexity index is 565. The van der Waals surface area contributed by atoms with Gasteiger partial charge in [-0.2, -0.15) is 4.31 Å². The van der Waals surface area contributed by atoms with Crippen LogP contribution in [0.3, 0.4) is 0 Å². The van der Waals surface area contributed by atoms with Crippen molar-refractivity contribution in [2.75, 3.05) is 13.1 Å². The van der Waals surface area contributed by atoms with Crippen molar-refractivity contribution in [2.24, 2.45) is 5.73 Å². The molecule has 0 heterocycles. The van der Waals surface area contributed by atoms with E-state index in [1.54, 1.807) is 39.0 Å². The zero-order valence-electron chi connectivity index (χ0n) is 13.2. The Balaban J connectivity index is 3.17. The maximum Gasteiger partial charge on any atom is 0.243 e. The molecule has 21 heavy (non-hydrogen) atoms. The molecule has 0 aliphatic carbocycles. The second-order valence-corrected chi connectivity index (χ2v) is 7.77. The Hall–Kier alpha value is -0.950. The number of sulfonamides is 1. The summed E-state index contributed by atoms with van der Waals surface area (Å²) in [5.74, 6) is 0. The minimum atomic E-state index is -3.63. The van der Waals surface area contributed by atoms with Gasteiger partial charge < -0.3 is 10.8 Å². The predicted molar refractivity (Wildman–Crippen MR) is 84.4 cm³/mol. The van der Waals surface area contributed by atoms with E-state index < -0.39 is 15.6 Å². The summed E-state index contributed by atoms with van der Waals surface area (Å²) in [6, 6.07) is 6.55. The molecule has 0 aliphatic heterocycles. The third-order valence-corrected chi connectivity index (χ3v) is 5.20. The molecular weight excluding hydrogens is 288 g/mol. The maximum atomic E-state index is 12.7. The van der Waals surface area contributed by atoms with Crippen LogP contribution < -0.4 is 5.73 Å². The number of hydrogen-bond acceptors (Lipinski definition) is 4. The number of nitrogens with zero attached hydrogens (tertiary/aromatic N) is 1. The molecule has 0 aromatic heterocycles. The summed E-state index contributed by atoms with van der Waals surface area (Å²) >= 11 is 0. The maximum absolute atomic E-state index is 12.7. The van der Waals surface area contributed by atoms with E-state index in [0.29, 0.717) is 6.54 Å². The van der Waals surface area contributed by atoms with E-state index in [-0.39, 0.29) is 17.5 Å². The van der Waals surface area contributed by atoms with E-state index >= 15 is 0 Å². The van der Waals surface area contributed by atoms with E-state index in [2.05, 4.69) is 0 Å². The summed E-state index contributed by atoms with van der Waals surface area (Å²) in [6.07, 6.45) is 0.741. The van der Waals surface area contributed by atoms with Gasteiger partial charge >= 0.3 is 0 Å². The molecule has 0 amide bonds. The first kappa shape index (κ1) is 18.1. The van der Waals surface area contributed by atoms with Crippen LogP contribution in [0.2, 0.25) is 0 Å². The highest BCUT2D eigenvalue weighted by Crippen LogP contribution is 2.22. The standard InChI is InChI=1S/C15H26N2O3S/c1-5-14(16)12-8-7-9-13(10-12)21(19,20)17(6-2)11-15(3,4)18/h7-10,14,18H,5-6,11,16H2,1-4H3. The van der Waals surface area contributed by atoms with Crippen molar-refractivity contribution < 1.29 is 13.5 Å². The highest BCUT2D eigenvalue weighted by molar-refractivity contribution is 7.89. The number of rotatable bonds is 7. The topological polar surface area (TPSA) is 83.6 Å². The quantitative estimate of drug-likeness (QED) is 0.805. The van der Waals surface area contributed by atoms with Crippen molar-refractivity contribution in [3.05, 3.63) is 29.8 Å². The van der Waals surface area contributed by atoms with Gasteiger partial charge in [0.1, 0.15) is 0 Å². The average Bonchev–Trinajstić information content (AvgIpc) is 2.42. The lowest BCUT2D eigenvalue weighted by Crippen LogP contribution is -2.42. The smallest absolute Gasteiger partial charge is 0.243 e. The molecule has 120 valence electrons. The molecule has 1 atom stereocenters. The normalized spacial score (nSPS) is 14.4. The Morgan fingerprint density at radius 3 is 2.43 bits per heavy atom. The molecule has 3 N–H and O–H groups in total. The molecule has 0 saturated heterocycles. The molecule has 1 rings (SSSR count). The van der Waals surface area contributed by atoms with Gasteiger partial charge in [-0.15, -0.1) is 0 Å². The van der Waals surface area contributed by atoms with Crippen LogP contribution in [0.1, 0.15) is 45.7 Å². The highest BCUT2D eigenvalue weighted by Gasteiger charge is 2.28. The first-order valence-electron chi connectivity index (χ1n) is 7.20. The van der Waals surface area contributed by atoms with Crippen LogP contribution in [0, 0.1) is 0 Å². The molecule has 0 bridgehead atoms. The van der Waals surface area contributed by atoms with Crippen LogP contribution >= 0.6 is 0 Å². The summed E-state index contributed by atoms with van der Waals surface area (Å²) < 4.78 is 26.6. The van der Waals surface area contributed by atoms with Gasteiger partial charge in [-0.25, -0.2) is 8.42 Å². The zero-order chi connectivity index (χ0) is 16.3. The lowest BCUT2D eigenvalue weighted by molar-refractivity contribution is 0.0601. The fourth-order valence-electron chi connectivity index (χ4n) is 2.09. The summed E-state index contributed by atoms with van der Waals surface area (Å²) in [5, 5.41) is 9.88. The number of benzene rings is 1. The summed E-state index contributed by atoms with van der Waals surface area (Å²) in [5.41, 5.74) is 5.69. The minimum absolute atomic E-state index is 0.0515. The van der Waals surface area contributed by atoms with Gasteiger partial charge in [-0.3, -0.25) is 0 Å². The summed E-state index contributed by atoms with van der Waals surface area (Å²) in [6.45, 7) is 7.25. The number of likely N-dealkylation sites (N-methyl/N-ethyl adjacent to an activating group) is 1. The van der Waals surface area contributed by atoms with Gasteiger partial charge in [0.15, 0.2) is 0 Å². The van der Waals surface area contributed by atoms with Crippen LogP contribution in [-0.2, 0) is 10.0 Å². The third kappa shape index (κ3) is 4.78. The lowest BCUT2D eigenvalue weighted by atomic mass is 10.1. The Morgan fingerprint density at radius 2 is 1.95 bits per heavy atom. The van der Waals surface area contributed by atoms with Gasteiger partial charge in [0, 0.05) is 19.1 Å². The van der Waals surface area contributed by atoms with Crippen molar-refractivity contribution in [2.45, 2.75) is 50.7 Å². The van der Waals surface area contributed by atoms with Crippen molar-refractivity contribution in [3.8, 4) is 0 Å². The molecule has 1 aromatic carbocycles. The molecule has 0 spiro atoms. The monoisotopic (exact) mass is 314 g/mol. The highest BCUT2D eigenvalue weighted by atomic mass is 32.2. The van der Waals surface area contributed by atoms with Crippen LogP contribution in [0.5, 0.6) is 0 Å². The number of hydrogen-bond donors (Lipinski definition) is 2. The molecule has 0 aliphatic rings. The van der Waals surface area contributed by atoms with Crippen LogP contribution in [0.4, 0.5) is 0 Å². The van der Waals surface area contributed by atoms with E-state index in [1.807, 2.05) is 13.0 Å². The van der Waals surface area contributed by atoms with Crippen molar-refractivity contribution in [1.29, 1.82) is 0 Å². The first-order chi connectivity index (χ1) is 9.61. The fraction of sp³-hybridized carbons (Fsp3) is 0.600. The summed E-state index contributed by atoms with van der Waals surface area (Å²) in [7, 11) is -3.63. The van der Waals surface area contributed by atoms with E-state index in [1.165, 1.54) is 4.31 Å². The number of nitrogens with two attached hydrogens (primary N) is 1. The summed E-state index contributed by atoms with van der Waals surface area (Å²) in [4.78, 5) is 0.218. The van der Waals surface area contributed by atoms with Crippen molar-refractivity contribution in [1.82, 2.24) is 4.31 Å². The molecule has 0 fully saturated rings. The van der Waals surface area contributed by atoms with Gasteiger partial charge in [0.2, 0.25) is 10.0 Å². The molecule has 5 nitrogen and oxygen atoms in total. The molecule has 6 heteroatoms. The third-order valence-electron chi connectivity index (χ3n) is 3.28. The Labute approximate surface area is 127 Å². The lowest BCUT2D eigenvalue weighted by Gasteiger charge is -2.27. The van der Waals surface area contributed by atoms with Crippen molar-refractivity contribution in [3.63, 3.8) is 0 Å². The minimum Gasteiger partial charge on any atom is -0.389 e. The second-order valence-electron chi connectivity index (χ2n) is 5.83. The van der Waals surface area contributed by atoms with Crippen molar-refractivity contribution >= 4 is 10.0 Å². The van der Waals surface area contributed by atoms with Gasteiger partial charge in [0.05, 0.1) is 10.5 Å². The average molecular weight is 314 g/mol. The molecule has 0 radical (unpaired) electrons. The van der Waals surface area contributed by atoms with Gasteiger partial charge in [-0.1, -0.05) is 26.0 Å². The predicted octanol–water partition coefficient (Wildman–Crippen LogP) is 1.88. The van der Waals surface area contributed by atoms with E-state index in [0.717, 1.165) is 12.0 Å². The molecule has 1 aromatic rings. The Morgan fingerprint density at radius 1 is 1.33 bits per heavy atom. The molecular formula is C15H26N2O3S. The molecule has 0 saturated carbocycles. The Kier molecular flexibility index (Phi) is 5.92. The van der Waals surface area contributed by atoms with E-state index in [4.69, 9.17) is 5.73 Å². The van der Waals surface area contributed by atoms with Crippen LogP contribution in [-0.4, -0.2) is 36.5 Å². The van der Waals surface area contributed by atoms with Gasteiger partial charge in [-0.05, 0) is 38.0 Å². The largest absolute Gasteiger partial charge is 0.389 e. The second kappa shape index (κ2) is 6.87. The van der Waals surface area contributed by atoms with Crippen LogP contribution in [0.15, 0.2) is 29.2 Å². The zero-order valence-corrected chi connectivity index (χ0v) is 14.0.